The highest BCUT2D eigenvalue weighted by Crippen LogP contribution is 2.36. The number of hydrogen-bond acceptors (Lipinski definition) is 5. The topological polar surface area (TPSA) is 51.0 Å². The molecule has 1 aliphatic carbocycles. The van der Waals surface area contributed by atoms with E-state index in [0.717, 1.165) is 18.3 Å². The van der Waals surface area contributed by atoms with Crippen molar-refractivity contribution in [3.8, 4) is 0 Å². The Kier molecular flexibility index (Phi) is 3.15. The molecule has 1 N–H and O–H groups in total. The zero-order valence-corrected chi connectivity index (χ0v) is 10.1. The molecule has 2 heterocycles. The van der Waals surface area contributed by atoms with Gasteiger partial charge in [0.25, 0.3) is 0 Å². The van der Waals surface area contributed by atoms with Crippen LogP contribution in [0.2, 0.25) is 0 Å². The standard InChI is InChI=1S/C11H17N3OS/c1-2-6-16-9(3-1)11-13-10(15-14-11)7-12-8-4-5-8/h8-9,12H,1-7H2. The van der Waals surface area contributed by atoms with E-state index in [1.54, 1.807) is 0 Å². The van der Waals surface area contributed by atoms with E-state index in [0.29, 0.717) is 11.3 Å². The monoisotopic (exact) mass is 239 g/mol. The molecule has 0 aromatic carbocycles. The van der Waals surface area contributed by atoms with Crippen LogP contribution in [0, 0.1) is 0 Å². The average Bonchev–Trinajstić information content (AvgIpc) is 3.05. The maximum Gasteiger partial charge on any atom is 0.240 e. The predicted molar refractivity (Wildman–Crippen MR) is 63.2 cm³/mol. The van der Waals surface area contributed by atoms with Crippen LogP contribution in [-0.4, -0.2) is 21.9 Å². The van der Waals surface area contributed by atoms with Gasteiger partial charge in [0.15, 0.2) is 5.82 Å². The van der Waals surface area contributed by atoms with Crippen molar-refractivity contribution >= 4 is 11.8 Å². The van der Waals surface area contributed by atoms with Gasteiger partial charge in [0.1, 0.15) is 0 Å². The highest BCUT2D eigenvalue weighted by atomic mass is 32.2. The van der Waals surface area contributed by atoms with Crippen LogP contribution >= 0.6 is 11.8 Å². The molecule has 2 fully saturated rings. The van der Waals surface area contributed by atoms with Crippen LogP contribution in [0.4, 0.5) is 0 Å². The molecule has 3 rings (SSSR count). The third-order valence-electron chi connectivity index (χ3n) is 3.07. The van der Waals surface area contributed by atoms with Gasteiger partial charge in [-0.2, -0.15) is 16.7 Å². The van der Waals surface area contributed by atoms with Crippen molar-refractivity contribution < 1.29 is 4.52 Å². The van der Waals surface area contributed by atoms with Crippen molar-refractivity contribution in [1.82, 2.24) is 15.5 Å². The van der Waals surface area contributed by atoms with Crippen molar-refractivity contribution in [2.45, 2.75) is 49.9 Å². The second-order valence-electron chi connectivity index (χ2n) is 4.56. The molecule has 0 amide bonds. The first-order chi connectivity index (χ1) is 7.92. The number of nitrogens with zero attached hydrogens (tertiary/aromatic N) is 2. The van der Waals surface area contributed by atoms with Gasteiger partial charge in [0.2, 0.25) is 5.89 Å². The van der Waals surface area contributed by atoms with Crippen LogP contribution in [0.25, 0.3) is 0 Å². The molecule has 1 atom stereocenters. The van der Waals surface area contributed by atoms with Gasteiger partial charge in [-0.3, -0.25) is 0 Å². The van der Waals surface area contributed by atoms with E-state index >= 15 is 0 Å². The summed E-state index contributed by atoms with van der Waals surface area (Å²) >= 11 is 1.96. The van der Waals surface area contributed by atoms with E-state index in [-0.39, 0.29) is 0 Å². The van der Waals surface area contributed by atoms with Crippen LogP contribution in [0.5, 0.6) is 0 Å². The van der Waals surface area contributed by atoms with Crippen LogP contribution in [0.15, 0.2) is 4.52 Å². The first-order valence-electron chi connectivity index (χ1n) is 6.09. The van der Waals surface area contributed by atoms with Crippen LogP contribution < -0.4 is 5.32 Å². The first-order valence-corrected chi connectivity index (χ1v) is 7.14. The van der Waals surface area contributed by atoms with Crippen molar-refractivity contribution in [3.63, 3.8) is 0 Å². The highest BCUT2D eigenvalue weighted by molar-refractivity contribution is 7.99. The Morgan fingerprint density at radius 1 is 1.31 bits per heavy atom. The van der Waals surface area contributed by atoms with Gasteiger partial charge in [0.05, 0.1) is 11.8 Å². The van der Waals surface area contributed by atoms with Crippen LogP contribution in [0.3, 0.4) is 0 Å². The normalized spacial score (nSPS) is 25.9. The van der Waals surface area contributed by atoms with Crippen LogP contribution in [-0.2, 0) is 6.54 Å². The van der Waals surface area contributed by atoms with Crippen molar-refractivity contribution in [2.24, 2.45) is 0 Å². The van der Waals surface area contributed by atoms with Crippen molar-refractivity contribution in [2.75, 3.05) is 5.75 Å². The molecule has 0 radical (unpaired) electrons. The lowest BCUT2D eigenvalue weighted by atomic mass is 10.2. The molecule has 1 aromatic rings. The number of nitrogens with one attached hydrogen (secondary N) is 1. The summed E-state index contributed by atoms with van der Waals surface area (Å²) in [4.78, 5) is 4.47. The maximum absolute atomic E-state index is 5.26. The molecule has 16 heavy (non-hydrogen) atoms. The van der Waals surface area contributed by atoms with Gasteiger partial charge >= 0.3 is 0 Å². The number of thioether (sulfide) groups is 1. The molecular formula is C11H17N3OS. The molecule has 4 nitrogen and oxygen atoms in total. The second kappa shape index (κ2) is 4.75. The van der Waals surface area contributed by atoms with Gasteiger partial charge in [-0.05, 0) is 31.4 Å². The van der Waals surface area contributed by atoms with E-state index in [4.69, 9.17) is 4.52 Å². The lowest BCUT2D eigenvalue weighted by Gasteiger charge is -2.17. The largest absolute Gasteiger partial charge is 0.338 e. The Bertz CT molecular complexity index is 345. The summed E-state index contributed by atoms with van der Waals surface area (Å²) in [5.41, 5.74) is 0. The molecule has 0 bridgehead atoms. The van der Waals surface area contributed by atoms with Gasteiger partial charge in [-0.25, -0.2) is 0 Å². The third kappa shape index (κ3) is 2.58. The van der Waals surface area contributed by atoms with Crippen LogP contribution in [0.1, 0.15) is 49.1 Å². The number of hydrogen-bond donors (Lipinski definition) is 1. The van der Waals surface area contributed by atoms with Crippen molar-refractivity contribution in [1.29, 1.82) is 0 Å². The Hall–Kier alpha value is -0.550. The highest BCUT2D eigenvalue weighted by Gasteiger charge is 2.23. The Morgan fingerprint density at radius 2 is 2.25 bits per heavy atom. The summed E-state index contributed by atoms with van der Waals surface area (Å²) in [6.07, 6.45) is 6.40. The third-order valence-corrected chi connectivity index (χ3v) is 4.44. The summed E-state index contributed by atoms with van der Waals surface area (Å²) in [6.45, 7) is 0.731. The summed E-state index contributed by atoms with van der Waals surface area (Å²) in [5, 5.41) is 7.94. The number of aromatic nitrogens is 2. The molecule has 2 aliphatic rings. The molecule has 0 spiro atoms. The summed E-state index contributed by atoms with van der Waals surface area (Å²) in [7, 11) is 0. The van der Waals surface area contributed by atoms with E-state index in [1.165, 1.54) is 37.9 Å². The van der Waals surface area contributed by atoms with Gasteiger partial charge in [0, 0.05) is 6.04 Å². The minimum atomic E-state index is 0.465. The molecule has 88 valence electrons. The zero-order valence-electron chi connectivity index (χ0n) is 9.32. The quantitative estimate of drug-likeness (QED) is 0.873. The Morgan fingerprint density at radius 3 is 3.00 bits per heavy atom. The lowest BCUT2D eigenvalue weighted by molar-refractivity contribution is 0.361. The fourth-order valence-electron chi connectivity index (χ4n) is 1.93. The first kappa shape index (κ1) is 10.6. The molecule has 1 saturated carbocycles. The Labute approximate surface area is 99.6 Å². The fraction of sp³-hybridized carbons (Fsp3) is 0.818. The molecule has 1 aliphatic heterocycles. The van der Waals surface area contributed by atoms with E-state index in [9.17, 15) is 0 Å². The predicted octanol–water partition coefficient (Wildman–Crippen LogP) is 2.28. The maximum atomic E-state index is 5.26. The number of rotatable bonds is 4. The molecule has 5 heteroatoms. The van der Waals surface area contributed by atoms with E-state index in [2.05, 4.69) is 15.5 Å². The fourth-order valence-corrected chi connectivity index (χ4v) is 3.17. The second-order valence-corrected chi connectivity index (χ2v) is 5.87. The van der Waals surface area contributed by atoms with Crippen molar-refractivity contribution in [3.05, 3.63) is 11.7 Å². The minimum absolute atomic E-state index is 0.465. The molecule has 1 aromatic heterocycles. The molecule has 1 saturated heterocycles. The van der Waals surface area contributed by atoms with Gasteiger partial charge in [-0.1, -0.05) is 11.6 Å². The molecule has 1 unspecified atom stereocenters. The average molecular weight is 239 g/mol. The van der Waals surface area contributed by atoms with E-state index < -0.39 is 0 Å². The lowest BCUT2D eigenvalue weighted by Crippen LogP contribution is -2.15. The smallest absolute Gasteiger partial charge is 0.240 e. The minimum Gasteiger partial charge on any atom is -0.338 e. The Balaban J connectivity index is 1.57. The SMILES string of the molecule is C1CCC(c2noc(CNC3CC3)n2)SC1. The van der Waals surface area contributed by atoms with E-state index in [1.807, 2.05) is 11.8 Å². The summed E-state index contributed by atoms with van der Waals surface area (Å²) < 4.78 is 5.26. The molecular weight excluding hydrogens is 222 g/mol. The van der Waals surface area contributed by atoms with Gasteiger partial charge in [-0.15, -0.1) is 0 Å². The zero-order chi connectivity index (χ0) is 10.8. The summed E-state index contributed by atoms with van der Waals surface area (Å²) in [5.74, 6) is 2.87. The summed E-state index contributed by atoms with van der Waals surface area (Å²) in [6, 6.07) is 0.694. The van der Waals surface area contributed by atoms with Gasteiger partial charge < -0.3 is 9.84 Å².